The Morgan fingerprint density at radius 1 is 1.33 bits per heavy atom. The van der Waals surface area contributed by atoms with Crippen molar-refractivity contribution in [2.75, 3.05) is 0 Å². The minimum atomic E-state index is -0.983. The van der Waals surface area contributed by atoms with Crippen molar-refractivity contribution >= 4 is 0 Å². The molecule has 4 heteroatoms. The van der Waals surface area contributed by atoms with Gasteiger partial charge in [0, 0.05) is 18.5 Å². The molecule has 0 spiro atoms. The Morgan fingerprint density at radius 2 is 2.05 bits per heavy atom. The molecule has 2 rings (SSSR count). The van der Waals surface area contributed by atoms with Gasteiger partial charge in [0.15, 0.2) is 5.41 Å². The number of rotatable bonds is 3. The first-order valence-corrected chi connectivity index (χ1v) is 7.44. The van der Waals surface area contributed by atoms with E-state index in [1.165, 1.54) is 0 Å². The number of hydrogen-bond donors (Lipinski definition) is 0. The SMILES string of the molecule is CC(C)(C)n1cc(CC(C#N)(C#N)C2C=CCCC2)cn1. The van der Waals surface area contributed by atoms with Crippen molar-refractivity contribution in [1.29, 1.82) is 10.5 Å². The molecule has 21 heavy (non-hydrogen) atoms. The number of nitrogens with zero attached hydrogens (tertiary/aromatic N) is 4. The maximum atomic E-state index is 9.62. The summed E-state index contributed by atoms with van der Waals surface area (Å²) in [5, 5.41) is 23.6. The van der Waals surface area contributed by atoms with Crippen LogP contribution in [0.15, 0.2) is 24.5 Å². The predicted molar refractivity (Wildman–Crippen MR) is 81.1 cm³/mol. The molecule has 1 aromatic rings. The van der Waals surface area contributed by atoms with Crippen molar-refractivity contribution in [1.82, 2.24) is 9.78 Å². The van der Waals surface area contributed by atoms with Crippen LogP contribution in [0.4, 0.5) is 0 Å². The van der Waals surface area contributed by atoms with Gasteiger partial charge in [0.1, 0.15) is 0 Å². The molecule has 0 aliphatic heterocycles. The molecule has 0 radical (unpaired) electrons. The van der Waals surface area contributed by atoms with Crippen molar-refractivity contribution < 1.29 is 0 Å². The van der Waals surface area contributed by atoms with Gasteiger partial charge in [0.25, 0.3) is 0 Å². The summed E-state index contributed by atoms with van der Waals surface area (Å²) in [4.78, 5) is 0. The van der Waals surface area contributed by atoms with E-state index in [9.17, 15) is 10.5 Å². The zero-order chi connectivity index (χ0) is 15.5. The molecule has 1 aromatic heterocycles. The van der Waals surface area contributed by atoms with E-state index in [0.29, 0.717) is 6.42 Å². The lowest BCUT2D eigenvalue weighted by atomic mass is 9.70. The van der Waals surface area contributed by atoms with Gasteiger partial charge in [-0.1, -0.05) is 12.2 Å². The lowest BCUT2D eigenvalue weighted by Crippen LogP contribution is -2.30. The van der Waals surface area contributed by atoms with E-state index >= 15 is 0 Å². The highest BCUT2D eigenvalue weighted by atomic mass is 15.3. The fraction of sp³-hybridized carbons (Fsp3) is 0.588. The molecular formula is C17H22N4. The van der Waals surface area contributed by atoms with Gasteiger partial charge in [-0.3, -0.25) is 4.68 Å². The number of allylic oxidation sites excluding steroid dienone is 2. The Bertz CT molecular complexity index is 590. The normalized spacial score (nSPS) is 19.0. The number of hydrogen-bond acceptors (Lipinski definition) is 3. The van der Waals surface area contributed by atoms with E-state index < -0.39 is 5.41 Å². The minimum absolute atomic E-state index is 0.0132. The third-order valence-electron chi connectivity index (χ3n) is 4.09. The molecule has 1 unspecified atom stereocenters. The van der Waals surface area contributed by atoms with Crippen molar-refractivity contribution in [3.05, 3.63) is 30.1 Å². The fourth-order valence-electron chi connectivity index (χ4n) is 2.76. The van der Waals surface area contributed by atoms with Crippen molar-refractivity contribution in [2.24, 2.45) is 11.3 Å². The first kappa shape index (κ1) is 15.3. The maximum Gasteiger partial charge on any atom is 0.154 e. The summed E-state index contributed by atoms with van der Waals surface area (Å²) in [7, 11) is 0. The molecule has 0 bridgehead atoms. The summed E-state index contributed by atoms with van der Waals surface area (Å²) >= 11 is 0. The Morgan fingerprint density at radius 3 is 2.52 bits per heavy atom. The molecule has 110 valence electrons. The summed E-state index contributed by atoms with van der Waals surface area (Å²) < 4.78 is 1.89. The third-order valence-corrected chi connectivity index (χ3v) is 4.09. The second-order valence-corrected chi connectivity index (χ2v) is 6.80. The summed E-state index contributed by atoms with van der Waals surface area (Å²) in [5.41, 5.74) is -0.125. The molecule has 0 saturated heterocycles. The Labute approximate surface area is 126 Å². The highest BCUT2D eigenvalue weighted by Gasteiger charge is 2.39. The van der Waals surface area contributed by atoms with Gasteiger partial charge in [0.2, 0.25) is 0 Å². The van der Waals surface area contributed by atoms with Crippen molar-refractivity contribution in [3.8, 4) is 12.1 Å². The molecule has 0 saturated carbocycles. The Hall–Kier alpha value is -2.07. The van der Waals surface area contributed by atoms with Crippen LogP contribution in [0.5, 0.6) is 0 Å². The summed E-state index contributed by atoms with van der Waals surface area (Å²) in [6.07, 6.45) is 11.3. The highest BCUT2D eigenvalue weighted by Crippen LogP contribution is 2.37. The summed E-state index contributed by atoms with van der Waals surface area (Å²) in [6.45, 7) is 6.24. The standard InChI is InChI=1S/C17H22N4/c1-16(2,3)21-11-14(10-20-21)9-17(12-18,13-19)15-7-5-4-6-8-15/h5,7,10-11,15H,4,6,8-9H2,1-3H3. The van der Waals surface area contributed by atoms with Crippen molar-refractivity contribution in [2.45, 2.75) is 52.0 Å². The van der Waals surface area contributed by atoms with Crippen LogP contribution in [0.25, 0.3) is 0 Å². The Balaban J connectivity index is 2.27. The monoisotopic (exact) mass is 282 g/mol. The van der Waals surface area contributed by atoms with E-state index in [-0.39, 0.29) is 11.5 Å². The molecule has 0 aromatic carbocycles. The molecule has 1 atom stereocenters. The maximum absolute atomic E-state index is 9.62. The zero-order valence-electron chi connectivity index (χ0n) is 13.0. The van der Waals surface area contributed by atoms with Crippen LogP contribution in [0.3, 0.4) is 0 Å². The van der Waals surface area contributed by atoms with E-state index in [1.54, 1.807) is 6.20 Å². The second kappa shape index (κ2) is 5.74. The minimum Gasteiger partial charge on any atom is -0.267 e. The van der Waals surface area contributed by atoms with Gasteiger partial charge in [-0.2, -0.15) is 15.6 Å². The average Bonchev–Trinajstić information content (AvgIpc) is 2.94. The van der Waals surface area contributed by atoms with Crippen LogP contribution in [0.1, 0.15) is 45.6 Å². The van der Waals surface area contributed by atoms with E-state index in [0.717, 1.165) is 24.8 Å². The molecule has 1 aliphatic carbocycles. The molecular weight excluding hydrogens is 260 g/mol. The topological polar surface area (TPSA) is 65.4 Å². The van der Waals surface area contributed by atoms with Crippen LogP contribution in [-0.4, -0.2) is 9.78 Å². The number of aromatic nitrogens is 2. The molecule has 0 N–H and O–H groups in total. The van der Waals surface area contributed by atoms with Gasteiger partial charge in [-0.05, 0) is 45.6 Å². The molecule has 1 heterocycles. The first-order chi connectivity index (χ1) is 9.91. The molecule has 0 fully saturated rings. The average molecular weight is 282 g/mol. The molecule has 4 nitrogen and oxygen atoms in total. The van der Waals surface area contributed by atoms with Crippen LogP contribution in [-0.2, 0) is 12.0 Å². The van der Waals surface area contributed by atoms with Crippen LogP contribution < -0.4 is 0 Å². The van der Waals surface area contributed by atoms with Gasteiger partial charge in [0.05, 0.1) is 23.9 Å². The van der Waals surface area contributed by atoms with E-state index in [1.807, 2.05) is 17.0 Å². The second-order valence-electron chi connectivity index (χ2n) is 6.80. The third kappa shape index (κ3) is 3.16. The zero-order valence-corrected chi connectivity index (χ0v) is 13.0. The van der Waals surface area contributed by atoms with Crippen LogP contribution >= 0.6 is 0 Å². The van der Waals surface area contributed by atoms with Crippen molar-refractivity contribution in [3.63, 3.8) is 0 Å². The van der Waals surface area contributed by atoms with Gasteiger partial charge < -0.3 is 0 Å². The van der Waals surface area contributed by atoms with Crippen LogP contribution in [0.2, 0.25) is 0 Å². The largest absolute Gasteiger partial charge is 0.267 e. The summed E-state index contributed by atoms with van der Waals surface area (Å²) in [5.74, 6) is 0.0132. The number of nitriles is 2. The molecule has 0 amide bonds. The lowest BCUT2D eigenvalue weighted by Gasteiger charge is -2.28. The summed E-state index contributed by atoms with van der Waals surface area (Å²) in [6, 6.07) is 4.56. The Kier molecular flexibility index (Phi) is 4.19. The van der Waals surface area contributed by atoms with E-state index in [4.69, 9.17) is 0 Å². The predicted octanol–water partition coefficient (Wildman–Crippen LogP) is 3.57. The van der Waals surface area contributed by atoms with Gasteiger partial charge in [-0.25, -0.2) is 0 Å². The van der Waals surface area contributed by atoms with Gasteiger partial charge >= 0.3 is 0 Å². The molecule has 1 aliphatic rings. The highest BCUT2D eigenvalue weighted by molar-refractivity contribution is 5.26. The van der Waals surface area contributed by atoms with E-state index in [2.05, 4.69) is 44.1 Å². The smallest absolute Gasteiger partial charge is 0.154 e. The lowest BCUT2D eigenvalue weighted by molar-refractivity contribution is 0.338. The van der Waals surface area contributed by atoms with Crippen LogP contribution in [0, 0.1) is 34.0 Å². The van der Waals surface area contributed by atoms with Gasteiger partial charge in [-0.15, -0.1) is 0 Å². The quantitative estimate of drug-likeness (QED) is 0.796. The first-order valence-electron chi connectivity index (χ1n) is 7.44. The fourth-order valence-corrected chi connectivity index (χ4v) is 2.76.